The Labute approximate surface area is 98.7 Å². The molecule has 94 valence electrons. The third kappa shape index (κ3) is 4.97. The van der Waals surface area contributed by atoms with Crippen LogP contribution in [0.1, 0.15) is 52.4 Å². The number of hydrogen-bond acceptors (Lipinski definition) is 3. The van der Waals surface area contributed by atoms with Crippen LogP contribution in [0.4, 0.5) is 0 Å². The highest BCUT2D eigenvalue weighted by atomic mass is 16.5. The van der Waals surface area contributed by atoms with Gasteiger partial charge in [-0.25, -0.2) is 0 Å². The van der Waals surface area contributed by atoms with Crippen molar-refractivity contribution < 1.29 is 9.53 Å². The first-order chi connectivity index (χ1) is 7.59. The molecular formula is C13H25NO2. The molecule has 1 aliphatic rings. The summed E-state index contributed by atoms with van der Waals surface area (Å²) in [7, 11) is 0. The van der Waals surface area contributed by atoms with Crippen LogP contribution < -0.4 is 5.73 Å². The molecular weight excluding hydrogens is 202 g/mol. The summed E-state index contributed by atoms with van der Waals surface area (Å²) in [5.41, 5.74) is 5.85. The molecule has 1 aliphatic carbocycles. The predicted molar refractivity (Wildman–Crippen MR) is 65.0 cm³/mol. The maximum atomic E-state index is 11.7. The molecule has 0 heterocycles. The summed E-state index contributed by atoms with van der Waals surface area (Å²) < 4.78 is 5.29. The van der Waals surface area contributed by atoms with Crippen molar-refractivity contribution in [2.45, 2.75) is 58.4 Å². The minimum absolute atomic E-state index is 0.0288. The van der Waals surface area contributed by atoms with Gasteiger partial charge in [0.1, 0.15) is 0 Å². The minimum atomic E-state index is -0.0288. The number of nitrogens with two attached hydrogens (primary N) is 1. The third-order valence-corrected chi connectivity index (χ3v) is 3.22. The van der Waals surface area contributed by atoms with Gasteiger partial charge in [0.2, 0.25) is 0 Å². The molecule has 0 amide bonds. The van der Waals surface area contributed by atoms with Crippen molar-refractivity contribution >= 4 is 5.97 Å². The molecule has 0 bridgehead atoms. The molecule has 16 heavy (non-hydrogen) atoms. The van der Waals surface area contributed by atoms with Gasteiger partial charge in [0.05, 0.1) is 12.5 Å². The Hall–Kier alpha value is -0.570. The van der Waals surface area contributed by atoms with E-state index in [4.69, 9.17) is 10.5 Å². The van der Waals surface area contributed by atoms with Crippen LogP contribution in [0.3, 0.4) is 0 Å². The lowest BCUT2D eigenvalue weighted by Crippen LogP contribution is -2.32. The second kappa shape index (κ2) is 6.89. The van der Waals surface area contributed by atoms with Crippen LogP contribution in [0, 0.1) is 11.8 Å². The Morgan fingerprint density at radius 2 is 2.19 bits per heavy atom. The molecule has 1 fully saturated rings. The molecule has 0 saturated heterocycles. The van der Waals surface area contributed by atoms with Crippen molar-refractivity contribution in [3.05, 3.63) is 0 Å². The second-order valence-electron chi connectivity index (χ2n) is 5.33. The number of carbonyl (C=O) groups is 1. The van der Waals surface area contributed by atoms with Crippen LogP contribution in [-0.4, -0.2) is 18.6 Å². The van der Waals surface area contributed by atoms with E-state index in [1.807, 2.05) is 0 Å². The largest absolute Gasteiger partial charge is 0.465 e. The number of carbonyl (C=O) groups excluding carboxylic acids is 1. The Kier molecular flexibility index (Phi) is 5.81. The molecule has 3 heteroatoms. The zero-order valence-electron chi connectivity index (χ0n) is 10.6. The number of hydrogen-bond donors (Lipinski definition) is 1. The first kappa shape index (κ1) is 13.5. The molecule has 2 N–H and O–H groups in total. The molecule has 0 spiro atoms. The lowest BCUT2D eigenvalue weighted by molar-refractivity contribution is -0.150. The van der Waals surface area contributed by atoms with E-state index in [2.05, 4.69) is 13.8 Å². The van der Waals surface area contributed by atoms with Gasteiger partial charge in [-0.15, -0.1) is 0 Å². The first-order valence-corrected chi connectivity index (χ1v) is 6.51. The summed E-state index contributed by atoms with van der Waals surface area (Å²) >= 11 is 0. The monoisotopic (exact) mass is 227 g/mol. The fourth-order valence-corrected chi connectivity index (χ4v) is 2.22. The molecule has 0 aromatic rings. The van der Waals surface area contributed by atoms with Gasteiger partial charge in [-0.3, -0.25) is 4.79 Å². The van der Waals surface area contributed by atoms with E-state index in [0.717, 1.165) is 38.5 Å². The topological polar surface area (TPSA) is 52.3 Å². The average molecular weight is 227 g/mol. The molecule has 1 rings (SSSR count). The summed E-state index contributed by atoms with van der Waals surface area (Å²) in [5.74, 6) is 0.712. The summed E-state index contributed by atoms with van der Waals surface area (Å²) in [5, 5.41) is 0. The van der Waals surface area contributed by atoms with Crippen molar-refractivity contribution in [1.29, 1.82) is 0 Å². The zero-order chi connectivity index (χ0) is 12.0. The van der Waals surface area contributed by atoms with Gasteiger partial charge in [-0.1, -0.05) is 20.3 Å². The van der Waals surface area contributed by atoms with E-state index in [-0.39, 0.29) is 17.9 Å². The number of esters is 1. The van der Waals surface area contributed by atoms with Gasteiger partial charge in [-0.05, 0) is 38.0 Å². The van der Waals surface area contributed by atoms with Crippen LogP contribution in [0.2, 0.25) is 0 Å². The molecule has 1 saturated carbocycles. The Balaban J connectivity index is 2.14. The van der Waals surface area contributed by atoms with Crippen LogP contribution in [-0.2, 0) is 9.53 Å². The average Bonchev–Trinajstić information content (AvgIpc) is 2.24. The van der Waals surface area contributed by atoms with Gasteiger partial charge < -0.3 is 10.5 Å². The quantitative estimate of drug-likeness (QED) is 0.580. The van der Waals surface area contributed by atoms with Crippen LogP contribution in [0.25, 0.3) is 0 Å². The predicted octanol–water partition coefficient (Wildman–Crippen LogP) is 2.48. The van der Waals surface area contributed by atoms with E-state index in [1.165, 1.54) is 0 Å². The lowest BCUT2D eigenvalue weighted by atomic mass is 9.86. The van der Waals surface area contributed by atoms with Crippen molar-refractivity contribution in [2.75, 3.05) is 6.61 Å². The van der Waals surface area contributed by atoms with Crippen molar-refractivity contribution in [3.8, 4) is 0 Å². The van der Waals surface area contributed by atoms with Crippen LogP contribution in [0.15, 0.2) is 0 Å². The number of rotatable bonds is 5. The fraction of sp³-hybridized carbons (Fsp3) is 0.923. The van der Waals surface area contributed by atoms with Crippen LogP contribution >= 0.6 is 0 Å². The van der Waals surface area contributed by atoms with Gasteiger partial charge in [0.15, 0.2) is 0 Å². The maximum absolute atomic E-state index is 11.7. The highest BCUT2D eigenvalue weighted by molar-refractivity contribution is 5.72. The summed E-state index contributed by atoms with van der Waals surface area (Å²) in [6.07, 6.45) is 5.98. The van der Waals surface area contributed by atoms with Gasteiger partial charge in [0.25, 0.3) is 0 Å². The Morgan fingerprint density at radius 1 is 1.44 bits per heavy atom. The standard InChI is InChI=1S/C13H25NO2/c1-10(2)5-4-8-16-13(15)11-6-3-7-12(14)9-11/h10-12H,3-9,14H2,1-2H3. The van der Waals surface area contributed by atoms with E-state index in [1.54, 1.807) is 0 Å². The molecule has 0 aliphatic heterocycles. The van der Waals surface area contributed by atoms with Crippen molar-refractivity contribution in [2.24, 2.45) is 17.6 Å². The van der Waals surface area contributed by atoms with E-state index < -0.39 is 0 Å². The second-order valence-corrected chi connectivity index (χ2v) is 5.33. The molecule has 2 atom stereocenters. The third-order valence-electron chi connectivity index (χ3n) is 3.22. The van der Waals surface area contributed by atoms with Crippen molar-refractivity contribution in [3.63, 3.8) is 0 Å². The smallest absolute Gasteiger partial charge is 0.308 e. The maximum Gasteiger partial charge on any atom is 0.308 e. The summed E-state index contributed by atoms with van der Waals surface area (Å²) in [6, 6.07) is 0.196. The Bertz CT molecular complexity index is 216. The van der Waals surface area contributed by atoms with Crippen LogP contribution in [0.5, 0.6) is 0 Å². The highest BCUT2D eigenvalue weighted by Gasteiger charge is 2.26. The molecule has 3 nitrogen and oxygen atoms in total. The minimum Gasteiger partial charge on any atom is -0.465 e. The van der Waals surface area contributed by atoms with E-state index in [0.29, 0.717) is 12.5 Å². The molecule has 2 unspecified atom stereocenters. The van der Waals surface area contributed by atoms with E-state index in [9.17, 15) is 4.79 Å². The molecule has 0 aromatic carbocycles. The van der Waals surface area contributed by atoms with E-state index >= 15 is 0 Å². The molecule has 0 aromatic heterocycles. The van der Waals surface area contributed by atoms with Crippen molar-refractivity contribution in [1.82, 2.24) is 0 Å². The fourth-order valence-electron chi connectivity index (χ4n) is 2.22. The first-order valence-electron chi connectivity index (χ1n) is 6.51. The van der Waals surface area contributed by atoms with Gasteiger partial charge in [-0.2, -0.15) is 0 Å². The van der Waals surface area contributed by atoms with Gasteiger partial charge >= 0.3 is 5.97 Å². The zero-order valence-corrected chi connectivity index (χ0v) is 10.6. The lowest BCUT2D eigenvalue weighted by Gasteiger charge is -2.24. The summed E-state index contributed by atoms with van der Waals surface area (Å²) in [6.45, 7) is 4.94. The summed E-state index contributed by atoms with van der Waals surface area (Å²) in [4.78, 5) is 11.7. The highest BCUT2D eigenvalue weighted by Crippen LogP contribution is 2.24. The number of ether oxygens (including phenoxy) is 1. The normalized spacial score (nSPS) is 25.8. The molecule has 0 radical (unpaired) electrons. The SMILES string of the molecule is CC(C)CCCOC(=O)C1CCCC(N)C1. The van der Waals surface area contributed by atoms with Gasteiger partial charge in [0, 0.05) is 6.04 Å². The Morgan fingerprint density at radius 3 is 2.81 bits per heavy atom.